The number of nitrogens with one attached hydrogen (secondary N) is 1. The van der Waals surface area contributed by atoms with E-state index in [4.69, 9.17) is 23.6 Å². The molecule has 14 heteroatoms. The molecule has 0 radical (unpaired) electrons. The van der Waals surface area contributed by atoms with Crippen molar-refractivity contribution in [3.05, 3.63) is 0 Å². The molecule has 348 valence electrons. The SMILES string of the molecule is CCCCCCCCCCCCCCCCCC(=O)OC[C@H](COP(=O)([O-])OCCNC(=O)CCCC(=O)O)OC(=O)CCCCCCCCCCCCCCCCC.[Na+]. The third-order valence-electron chi connectivity index (χ3n) is 10.6. The van der Waals surface area contributed by atoms with Gasteiger partial charge in [0.15, 0.2) is 6.10 Å². The van der Waals surface area contributed by atoms with E-state index >= 15 is 0 Å². The van der Waals surface area contributed by atoms with Crippen LogP contribution in [0.25, 0.3) is 0 Å². The minimum absolute atomic E-state index is 0. The second kappa shape index (κ2) is 46.0. The van der Waals surface area contributed by atoms with Crippen LogP contribution in [-0.2, 0) is 42.3 Å². The number of aliphatic carboxylic acids is 1. The van der Waals surface area contributed by atoms with E-state index in [-0.39, 0.29) is 74.8 Å². The van der Waals surface area contributed by atoms with Crippen LogP contribution in [0.2, 0.25) is 0 Å². The molecule has 0 heterocycles. The number of rotatable bonds is 46. The van der Waals surface area contributed by atoms with Crippen molar-refractivity contribution < 1.29 is 81.8 Å². The second-order valence-corrected chi connectivity index (χ2v) is 17.8. The molecule has 0 aromatic rings. The van der Waals surface area contributed by atoms with Crippen molar-refractivity contribution in [2.24, 2.45) is 0 Å². The fourth-order valence-corrected chi connectivity index (χ4v) is 7.69. The first-order valence-corrected chi connectivity index (χ1v) is 25.5. The van der Waals surface area contributed by atoms with Gasteiger partial charge in [0.05, 0.1) is 13.2 Å². The van der Waals surface area contributed by atoms with Crippen molar-refractivity contribution >= 4 is 31.6 Å². The van der Waals surface area contributed by atoms with Crippen LogP contribution in [0.1, 0.15) is 239 Å². The predicted molar refractivity (Wildman–Crippen MR) is 234 cm³/mol. The van der Waals surface area contributed by atoms with Crippen LogP contribution in [0.3, 0.4) is 0 Å². The third-order valence-corrected chi connectivity index (χ3v) is 11.5. The van der Waals surface area contributed by atoms with Gasteiger partial charge in [-0.2, -0.15) is 0 Å². The number of esters is 2. The predicted octanol–water partition coefficient (Wildman–Crippen LogP) is 8.84. The van der Waals surface area contributed by atoms with Gasteiger partial charge >= 0.3 is 47.5 Å². The normalized spacial score (nSPS) is 12.7. The first kappa shape index (κ1) is 61.1. The maximum absolute atomic E-state index is 12.7. The van der Waals surface area contributed by atoms with Gasteiger partial charge in [-0.1, -0.05) is 194 Å². The summed E-state index contributed by atoms with van der Waals surface area (Å²) < 4.78 is 33.1. The standard InChI is InChI=1S/C46H88NO11P.Na/c1-3-5-7-9-11-13-15-17-19-21-23-25-27-29-31-36-45(51)55-40-42(41-57-59(53,54)56-39-38-47-43(48)34-33-35-44(49)50)58-46(52)37-32-30-28-26-24-22-20-18-16-14-12-10-8-6-4-2;/h42H,3-41H2,1-2H3,(H,47,48)(H,49,50)(H,53,54);/q;+1/p-1/t42-;/m1./s1. The number of phosphoric acid groups is 1. The average molecular weight is 884 g/mol. The van der Waals surface area contributed by atoms with Gasteiger partial charge in [-0.05, 0) is 19.3 Å². The minimum Gasteiger partial charge on any atom is -0.756 e. The zero-order chi connectivity index (χ0) is 43.5. The van der Waals surface area contributed by atoms with Crippen molar-refractivity contribution in [3.8, 4) is 0 Å². The van der Waals surface area contributed by atoms with E-state index in [0.29, 0.717) is 12.8 Å². The Kier molecular flexibility index (Phi) is 46.8. The zero-order valence-electron chi connectivity index (χ0n) is 38.6. The van der Waals surface area contributed by atoms with Gasteiger partial charge in [-0.3, -0.25) is 23.7 Å². The number of ether oxygens (including phenoxy) is 2. The van der Waals surface area contributed by atoms with Crippen LogP contribution in [0, 0.1) is 0 Å². The number of carboxylic acid groups (broad SMARTS) is 1. The quantitative estimate of drug-likeness (QED) is 0.0258. The van der Waals surface area contributed by atoms with E-state index in [2.05, 4.69) is 19.2 Å². The van der Waals surface area contributed by atoms with Crippen molar-refractivity contribution in [1.82, 2.24) is 5.32 Å². The minimum atomic E-state index is -4.84. The number of carbonyl (C=O) groups excluding carboxylic acids is 3. The molecule has 0 spiro atoms. The largest absolute Gasteiger partial charge is 1.00 e. The molecule has 0 aliphatic carbocycles. The number of phosphoric ester groups is 1. The number of carbonyl (C=O) groups is 4. The topological polar surface area (TPSA) is 178 Å². The van der Waals surface area contributed by atoms with Crippen LogP contribution < -0.4 is 39.8 Å². The molecule has 2 atom stereocenters. The number of unbranched alkanes of at least 4 members (excludes halogenated alkanes) is 28. The smallest absolute Gasteiger partial charge is 0.756 e. The summed E-state index contributed by atoms with van der Waals surface area (Å²) in [7, 11) is -4.84. The van der Waals surface area contributed by atoms with Gasteiger partial charge in [-0.15, -0.1) is 0 Å². The summed E-state index contributed by atoms with van der Waals surface area (Å²) >= 11 is 0. The van der Waals surface area contributed by atoms with E-state index in [1.54, 1.807) is 0 Å². The van der Waals surface area contributed by atoms with Crippen molar-refractivity contribution in [2.45, 2.75) is 245 Å². The Balaban J connectivity index is 0. The van der Waals surface area contributed by atoms with Gasteiger partial charge in [0.1, 0.15) is 6.61 Å². The molecule has 1 amide bonds. The zero-order valence-corrected chi connectivity index (χ0v) is 41.5. The molecule has 0 rings (SSSR count). The summed E-state index contributed by atoms with van der Waals surface area (Å²) in [6.07, 6.45) is 35.8. The van der Waals surface area contributed by atoms with Crippen molar-refractivity contribution in [1.29, 1.82) is 0 Å². The van der Waals surface area contributed by atoms with Gasteiger partial charge < -0.3 is 33.8 Å². The van der Waals surface area contributed by atoms with Gasteiger partial charge in [0, 0.05) is 32.2 Å². The third kappa shape index (κ3) is 46.5. The van der Waals surface area contributed by atoms with Gasteiger partial charge in [0.2, 0.25) is 5.91 Å². The number of carboxylic acids is 1. The average Bonchev–Trinajstić information content (AvgIpc) is 3.20. The number of hydrogen-bond acceptors (Lipinski definition) is 10. The summed E-state index contributed by atoms with van der Waals surface area (Å²) in [5.74, 6) is -2.39. The summed E-state index contributed by atoms with van der Waals surface area (Å²) in [6.45, 7) is 3.04. The van der Waals surface area contributed by atoms with Crippen LogP contribution in [-0.4, -0.2) is 61.4 Å². The summed E-state index contributed by atoms with van der Waals surface area (Å²) in [6, 6.07) is 0. The van der Waals surface area contributed by atoms with Crippen LogP contribution in [0.4, 0.5) is 0 Å². The van der Waals surface area contributed by atoms with Gasteiger partial charge in [-0.25, -0.2) is 0 Å². The Morgan fingerprint density at radius 3 is 1.30 bits per heavy atom. The molecule has 60 heavy (non-hydrogen) atoms. The van der Waals surface area contributed by atoms with E-state index in [1.165, 1.54) is 141 Å². The van der Waals surface area contributed by atoms with Crippen LogP contribution >= 0.6 is 7.82 Å². The Morgan fingerprint density at radius 2 is 0.900 bits per heavy atom. The maximum atomic E-state index is 12.7. The van der Waals surface area contributed by atoms with E-state index in [0.717, 1.165) is 38.5 Å². The molecule has 0 saturated heterocycles. The van der Waals surface area contributed by atoms with E-state index < -0.39 is 51.0 Å². The molecular formula is C46H87NNaO11P. The second-order valence-electron chi connectivity index (χ2n) is 16.4. The molecule has 0 saturated carbocycles. The molecule has 0 fully saturated rings. The Labute approximate surface area is 387 Å². The first-order valence-electron chi connectivity index (χ1n) is 24.0. The summed E-state index contributed by atoms with van der Waals surface area (Å²) in [5.41, 5.74) is 0. The summed E-state index contributed by atoms with van der Waals surface area (Å²) in [4.78, 5) is 60.0. The molecule has 0 aliphatic rings. The molecule has 12 nitrogen and oxygen atoms in total. The molecular weight excluding hydrogens is 796 g/mol. The Bertz CT molecular complexity index is 1070. The Morgan fingerprint density at radius 1 is 0.517 bits per heavy atom. The van der Waals surface area contributed by atoms with E-state index in [1.807, 2.05) is 0 Å². The molecule has 2 N–H and O–H groups in total. The van der Waals surface area contributed by atoms with E-state index in [9.17, 15) is 28.6 Å². The summed E-state index contributed by atoms with van der Waals surface area (Å²) in [5, 5.41) is 11.1. The monoisotopic (exact) mass is 884 g/mol. The molecule has 0 aliphatic heterocycles. The molecule has 0 aromatic heterocycles. The fraction of sp³-hybridized carbons (Fsp3) is 0.913. The molecule has 0 bridgehead atoms. The number of hydrogen-bond donors (Lipinski definition) is 2. The van der Waals surface area contributed by atoms with Crippen LogP contribution in [0.15, 0.2) is 0 Å². The molecule has 1 unspecified atom stereocenters. The number of amides is 1. The maximum Gasteiger partial charge on any atom is 1.00 e. The fourth-order valence-electron chi connectivity index (χ4n) is 6.95. The van der Waals surface area contributed by atoms with Crippen molar-refractivity contribution in [2.75, 3.05) is 26.4 Å². The first-order chi connectivity index (χ1) is 28.6. The Hall–Kier alpha value is -1.01. The van der Waals surface area contributed by atoms with Crippen molar-refractivity contribution in [3.63, 3.8) is 0 Å². The molecule has 0 aromatic carbocycles. The van der Waals surface area contributed by atoms with Crippen LogP contribution in [0.5, 0.6) is 0 Å². The van der Waals surface area contributed by atoms with Gasteiger partial charge in [0.25, 0.3) is 7.82 Å².